The van der Waals surface area contributed by atoms with E-state index in [1.807, 2.05) is 0 Å². The Balaban J connectivity index is 3.57. The zero-order valence-corrected chi connectivity index (χ0v) is 10.3. The molecule has 0 saturated carbocycles. The Morgan fingerprint density at radius 1 is 1.07 bits per heavy atom. The van der Waals surface area contributed by atoms with Gasteiger partial charge in [0.1, 0.15) is 0 Å². The average molecular weight is 200 g/mol. The first-order chi connectivity index (χ1) is 6.74. The number of hydrogen-bond acceptors (Lipinski definition) is 2. The largest absolute Gasteiger partial charge is 0.327 e. The van der Waals surface area contributed by atoms with Crippen LogP contribution in [0.15, 0.2) is 0 Å². The van der Waals surface area contributed by atoms with Gasteiger partial charge in [-0.15, -0.1) is 0 Å². The highest BCUT2D eigenvalue weighted by Crippen LogP contribution is 2.02. The molecule has 0 radical (unpaired) electrons. The molecule has 14 heavy (non-hydrogen) atoms. The molecule has 0 aromatic carbocycles. The van der Waals surface area contributed by atoms with E-state index in [1.54, 1.807) is 0 Å². The van der Waals surface area contributed by atoms with E-state index in [-0.39, 0.29) is 0 Å². The smallest absolute Gasteiger partial charge is 0.0167 e. The van der Waals surface area contributed by atoms with Gasteiger partial charge in [0, 0.05) is 12.6 Å². The second-order valence-corrected chi connectivity index (χ2v) is 4.15. The van der Waals surface area contributed by atoms with Crippen molar-refractivity contribution < 1.29 is 0 Å². The third-order valence-electron chi connectivity index (χ3n) is 2.70. The lowest BCUT2D eigenvalue weighted by Gasteiger charge is -2.23. The minimum atomic E-state index is 0.381. The molecule has 2 nitrogen and oxygen atoms in total. The van der Waals surface area contributed by atoms with Gasteiger partial charge >= 0.3 is 0 Å². The molecule has 0 heterocycles. The zero-order valence-electron chi connectivity index (χ0n) is 10.3. The number of nitrogens with zero attached hydrogens (tertiary/aromatic N) is 1. The molecule has 86 valence electrons. The van der Waals surface area contributed by atoms with Crippen LogP contribution in [0.4, 0.5) is 0 Å². The van der Waals surface area contributed by atoms with Gasteiger partial charge in [-0.1, -0.05) is 40.0 Å². The molecular weight excluding hydrogens is 172 g/mol. The van der Waals surface area contributed by atoms with Gasteiger partial charge in [0.25, 0.3) is 0 Å². The SMILES string of the molecule is CCCCC(N)CN(CC)CCCC. The highest BCUT2D eigenvalue weighted by atomic mass is 15.1. The van der Waals surface area contributed by atoms with Crippen LogP contribution < -0.4 is 5.73 Å². The maximum absolute atomic E-state index is 6.07. The van der Waals surface area contributed by atoms with Crippen LogP contribution in [0.3, 0.4) is 0 Å². The van der Waals surface area contributed by atoms with Gasteiger partial charge in [0.05, 0.1) is 0 Å². The number of unbranched alkanes of at least 4 members (excludes halogenated alkanes) is 2. The topological polar surface area (TPSA) is 29.3 Å². The number of likely N-dealkylation sites (N-methyl/N-ethyl adjacent to an activating group) is 1. The van der Waals surface area contributed by atoms with Crippen LogP contribution >= 0.6 is 0 Å². The third kappa shape index (κ3) is 7.34. The highest BCUT2D eigenvalue weighted by Gasteiger charge is 2.07. The summed E-state index contributed by atoms with van der Waals surface area (Å²) in [5, 5.41) is 0. The molecule has 0 aromatic rings. The van der Waals surface area contributed by atoms with Crippen molar-refractivity contribution in [2.24, 2.45) is 5.73 Å². The van der Waals surface area contributed by atoms with Crippen LogP contribution in [0, 0.1) is 0 Å². The Hall–Kier alpha value is -0.0800. The van der Waals surface area contributed by atoms with Crippen molar-refractivity contribution in [1.82, 2.24) is 4.90 Å². The molecule has 0 aromatic heterocycles. The molecule has 0 aliphatic carbocycles. The molecule has 2 N–H and O–H groups in total. The van der Waals surface area contributed by atoms with Gasteiger partial charge in [-0.05, 0) is 25.9 Å². The van der Waals surface area contributed by atoms with Crippen molar-refractivity contribution in [3.63, 3.8) is 0 Å². The molecule has 0 aliphatic heterocycles. The predicted octanol–water partition coefficient (Wildman–Crippen LogP) is 2.63. The number of rotatable bonds is 9. The van der Waals surface area contributed by atoms with Crippen LogP contribution in [-0.2, 0) is 0 Å². The Labute approximate surface area is 89.9 Å². The Morgan fingerprint density at radius 3 is 2.21 bits per heavy atom. The minimum absolute atomic E-state index is 0.381. The predicted molar refractivity (Wildman–Crippen MR) is 64.5 cm³/mol. The van der Waals surface area contributed by atoms with E-state index in [4.69, 9.17) is 5.73 Å². The van der Waals surface area contributed by atoms with Gasteiger partial charge in [-0.2, -0.15) is 0 Å². The molecule has 1 atom stereocenters. The van der Waals surface area contributed by atoms with Crippen LogP contribution in [0.5, 0.6) is 0 Å². The molecule has 0 amide bonds. The first-order valence-electron chi connectivity index (χ1n) is 6.22. The summed E-state index contributed by atoms with van der Waals surface area (Å²) in [6.45, 7) is 10.1. The highest BCUT2D eigenvalue weighted by molar-refractivity contribution is 4.67. The monoisotopic (exact) mass is 200 g/mol. The fourth-order valence-electron chi connectivity index (χ4n) is 1.65. The quantitative estimate of drug-likeness (QED) is 0.620. The number of hydrogen-bond donors (Lipinski definition) is 1. The second kappa shape index (κ2) is 9.47. The maximum atomic E-state index is 6.07. The summed E-state index contributed by atoms with van der Waals surface area (Å²) in [5.74, 6) is 0. The third-order valence-corrected chi connectivity index (χ3v) is 2.70. The van der Waals surface area contributed by atoms with Crippen LogP contribution in [0.2, 0.25) is 0 Å². The molecule has 2 heteroatoms. The van der Waals surface area contributed by atoms with Crippen molar-refractivity contribution in [2.75, 3.05) is 19.6 Å². The van der Waals surface area contributed by atoms with Gasteiger partial charge in [-0.25, -0.2) is 0 Å². The first kappa shape index (κ1) is 13.9. The summed E-state index contributed by atoms with van der Waals surface area (Å²) < 4.78 is 0. The van der Waals surface area contributed by atoms with Gasteiger partial charge in [0.15, 0.2) is 0 Å². The molecule has 0 bridgehead atoms. The van der Waals surface area contributed by atoms with Crippen molar-refractivity contribution >= 4 is 0 Å². The summed E-state index contributed by atoms with van der Waals surface area (Å²) in [7, 11) is 0. The molecule has 0 saturated heterocycles. The van der Waals surface area contributed by atoms with E-state index in [1.165, 1.54) is 38.6 Å². The van der Waals surface area contributed by atoms with Crippen LogP contribution in [0.1, 0.15) is 52.9 Å². The molecule has 0 rings (SSSR count). The number of nitrogens with two attached hydrogens (primary N) is 1. The van der Waals surface area contributed by atoms with Crippen molar-refractivity contribution in [3.05, 3.63) is 0 Å². The standard InChI is InChI=1S/C12H28N2/c1-4-7-9-12(13)11-14(6-3)10-8-5-2/h12H,4-11,13H2,1-3H3. The Bertz CT molecular complexity index is 115. The average Bonchev–Trinajstić information content (AvgIpc) is 2.21. The van der Waals surface area contributed by atoms with Crippen molar-refractivity contribution in [1.29, 1.82) is 0 Å². The molecule has 0 aliphatic rings. The lowest BCUT2D eigenvalue weighted by atomic mass is 10.1. The summed E-state index contributed by atoms with van der Waals surface area (Å²) in [4.78, 5) is 2.48. The summed E-state index contributed by atoms with van der Waals surface area (Å²) in [6, 6.07) is 0.381. The summed E-state index contributed by atoms with van der Waals surface area (Å²) in [6.07, 6.45) is 6.29. The van der Waals surface area contributed by atoms with E-state index in [9.17, 15) is 0 Å². The van der Waals surface area contributed by atoms with E-state index in [0.29, 0.717) is 6.04 Å². The fraction of sp³-hybridized carbons (Fsp3) is 1.00. The van der Waals surface area contributed by atoms with E-state index in [0.717, 1.165) is 13.1 Å². The first-order valence-corrected chi connectivity index (χ1v) is 6.22. The molecule has 0 spiro atoms. The van der Waals surface area contributed by atoms with Crippen LogP contribution in [0.25, 0.3) is 0 Å². The normalized spacial score (nSPS) is 13.5. The Morgan fingerprint density at radius 2 is 1.71 bits per heavy atom. The van der Waals surface area contributed by atoms with Gasteiger partial charge < -0.3 is 10.6 Å². The lowest BCUT2D eigenvalue weighted by molar-refractivity contribution is 0.259. The van der Waals surface area contributed by atoms with E-state index >= 15 is 0 Å². The molecule has 0 fully saturated rings. The fourth-order valence-corrected chi connectivity index (χ4v) is 1.65. The molecular formula is C12H28N2. The lowest BCUT2D eigenvalue weighted by Crippen LogP contribution is -2.37. The van der Waals surface area contributed by atoms with Gasteiger partial charge in [-0.3, -0.25) is 0 Å². The van der Waals surface area contributed by atoms with Gasteiger partial charge in [0.2, 0.25) is 0 Å². The molecule has 1 unspecified atom stereocenters. The second-order valence-electron chi connectivity index (χ2n) is 4.15. The van der Waals surface area contributed by atoms with E-state index in [2.05, 4.69) is 25.7 Å². The minimum Gasteiger partial charge on any atom is -0.327 e. The Kier molecular flexibility index (Phi) is 9.42. The zero-order chi connectivity index (χ0) is 10.8. The summed E-state index contributed by atoms with van der Waals surface area (Å²) in [5.41, 5.74) is 6.07. The van der Waals surface area contributed by atoms with E-state index < -0.39 is 0 Å². The summed E-state index contributed by atoms with van der Waals surface area (Å²) >= 11 is 0. The maximum Gasteiger partial charge on any atom is 0.0167 e. The van der Waals surface area contributed by atoms with Crippen molar-refractivity contribution in [2.45, 2.75) is 58.9 Å². The van der Waals surface area contributed by atoms with Crippen molar-refractivity contribution in [3.8, 4) is 0 Å². The van der Waals surface area contributed by atoms with Crippen LogP contribution in [-0.4, -0.2) is 30.6 Å².